The predicted molar refractivity (Wildman–Crippen MR) is 95.2 cm³/mol. The lowest BCUT2D eigenvalue weighted by atomic mass is 10.0. The van der Waals surface area contributed by atoms with Crippen molar-refractivity contribution >= 4 is 5.82 Å². The van der Waals surface area contributed by atoms with Gasteiger partial charge in [0, 0.05) is 63.8 Å². The summed E-state index contributed by atoms with van der Waals surface area (Å²) in [5, 5.41) is 0. The Bertz CT molecular complexity index is 749. The third-order valence-corrected chi connectivity index (χ3v) is 4.83. The Kier molecular flexibility index (Phi) is 4.94. The van der Waals surface area contributed by atoms with Crippen LogP contribution in [0.5, 0.6) is 0 Å². The van der Waals surface area contributed by atoms with Gasteiger partial charge in [0.15, 0.2) is 0 Å². The average molecular weight is 327 g/mol. The second-order valence-corrected chi connectivity index (χ2v) is 6.62. The Hall–Kier alpha value is -2.21. The molecule has 0 atom stereocenters. The highest BCUT2D eigenvalue weighted by Gasteiger charge is 2.23. The Morgan fingerprint density at radius 3 is 2.67 bits per heavy atom. The molecule has 0 aromatic carbocycles. The summed E-state index contributed by atoms with van der Waals surface area (Å²) >= 11 is 0. The molecule has 0 N–H and O–H groups in total. The second-order valence-electron chi connectivity index (χ2n) is 6.62. The van der Waals surface area contributed by atoms with Gasteiger partial charge in [0.25, 0.3) is 5.56 Å². The molecule has 0 saturated carbocycles. The van der Waals surface area contributed by atoms with Crippen LogP contribution in [0.25, 0.3) is 0 Å². The van der Waals surface area contributed by atoms with E-state index in [0.29, 0.717) is 6.04 Å². The molecule has 1 fully saturated rings. The fourth-order valence-electron chi connectivity index (χ4n) is 3.23. The number of aromatic nitrogens is 3. The molecule has 1 saturated heterocycles. The molecule has 24 heavy (non-hydrogen) atoms. The number of nitrogens with zero attached hydrogens (tertiary/aromatic N) is 5. The third-order valence-electron chi connectivity index (χ3n) is 4.83. The predicted octanol–water partition coefficient (Wildman–Crippen LogP) is 1.58. The van der Waals surface area contributed by atoms with Crippen LogP contribution in [0.15, 0.2) is 35.5 Å². The topological polar surface area (TPSA) is 54.3 Å². The molecule has 2 aromatic heterocycles. The highest BCUT2D eigenvalue weighted by atomic mass is 16.1. The van der Waals surface area contributed by atoms with Crippen LogP contribution in [0.1, 0.15) is 24.1 Å². The van der Waals surface area contributed by atoms with E-state index < -0.39 is 0 Å². The van der Waals surface area contributed by atoms with Crippen molar-refractivity contribution in [3.8, 4) is 0 Å². The minimum Gasteiger partial charge on any atom is -0.356 e. The van der Waals surface area contributed by atoms with Gasteiger partial charge in [0.2, 0.25) is 0 Å². The highest BCUT2D eigenvalue weighted by molar-refractivity contribution is 5.39. The van der Waals surface area contributed by atoms with Crippen LogP contribution in [0, 0.1) is 6.92 Å². The van der Waals surface area contributed by atoms with E-state index in [1.165, 1.54) is 0 Å². The maximum atomic E-state index is 11.7. The van der Waals surface area contributed by atoms with Crippen molar-refractivity contribution in [1.29, 1.82) is 0 Å². The van der Waals surface area contributed by atoms with Gasteiger partial charge in [-0.05, 0) is 31.4 Å². The molecular formula is C18H25N5O. The van der Waals surface area contributed by atoms with Crippen molar-refractivity contribution in [2.45, 2.75) is 32.4 Å². The van der Waals surface area contributed by atoms with Gasteiger partial charge in [-0.1, -0.05) is 0 Å². The lowest BCUT2D eigenvalue weighted by Gasteiger charge is -2.37. The monoisotopic (exact) mass is 327 g/mol. The molecule has 6 heteroatoms. The lowest BCUT2D eigenvalue weighted by Crippen LogP contribution is -2.43. The smallest absolute Gasteiger partial charge is 0.250 e. The summed E-state index contributed by atoms with van der Waals surface area (Å²) in [6, 6.07) is 6.30. The van der Waals surface area contributed by atoms with Crippen molar-refractivity contribution in [1.82, 2.24) is 19.4 Å². The largest absolute Gasteiger partial charge is 0.356 e. The van der Waals surface area contributed by atoms with Gasteiger partial charge >= 0.3 is 0 Å². The van der Waals surface area contributed by atoms with Gasteiger partial charge in [-0.15, -0.1) is 0 Å². The van der Waals surface area contributed by atoms with Crippen LogP contribution < -0.4 is 10.5 Å². The molecule has 3 rings (SSSR count). The summed E-state index contributed by atoms with van der Waals surface area (Å²) in [7, 11) is 3.89. The van der Waals surface area contributed by atoms with Gasteiger partial charge in [0.05, 0.1) is 0 Å². The summed E-state index contributed by atoms with van der Waals surface area (Å²) in [6.07, 6.45) is 5.68. The van der Waals surface area contributed by atoms with E-state index in [1.807, 2.05) is 25.3 Å². The van der Waals surface area contributed by atoms with E-state index in [4.69, 9.17) is 0 Å². The van der Waals surface area contributed by atoms with E-state index >= 15 is 0 Å². The molecule has 0 bridgehead atoms. The van der Waals surface area contributed by atoms with Gasteiger partial charge < -0.3 is 9.47 Å². The first-order valence-electron chi connectivity index (χ1n) is 8.42. The first kappa shape index (κ1) is 16.6. The normalized spacial score (nSPS) is 16.3. The summed E-state index contributed by atoms with van der Waals surface area (Å²) in [4.78, 5) is 25.0. The summed E-state index contributed by atoms with van der Waals surface area (Å²) in [5.74, 6) is 0.993. The first-order valence-corrected chi connectivity index (χ1v) is 8.42. The molecule has 0 unspecified atom stereocenters. The summed E-state index contributed by atoms with van der Waals surface area (Å²) in [5.41, 5.74) is 2.15. The standard InChI is InChI=1S/C18H25N5O/c1-14-10-17(20-13-19-14)22(3)16-5-8-23(9-6-16)12-15-4-7-21(2)18(24)11-15/h4,7,10-11,13,16H,5-6,8-9,12H2,1-3H3. The van der Waals surface area contributed by atoms with Crippen molar-refractivity contribution < 1.29 is 0 Å². The first-order chi connectivity index (χ1) is 11.5. The van der Waals surface area contributed by atoms with Crippen LogP contribution in [-0.2, 0) is 13.6 Å². The maximum absolute atomic E-state index is 11.7. The SMILES string of the molecule is Cc1cc(N(C)C2CCN(Cc3ccn(C)c(=O)c3)CC2)ncn1. The van der Waals surface area contributed by atoms with Crippen LogP contribution in [0.4, 0.5) is 5.82 Å². The Labute approximate surface area is 142 Å². The number of pyridine rings is 1. The molecule has 0 aliphatic carbocycles. The minimum atomic E-state index is 0.0567. The molecule has 6 nitrogen and oxygen atoms in total. The van der Waals surface area contributed by atoms with E-state index in [9.17, 15) is 4.79 Å². The quantitative estimate of drug-likeness (QED) is 0.853. The molecule has 128 valence electrons. The van der Waals surface area contributed by atoms with Crippen LogP contribution >= 0.6 is 0 Å². The van der Waals surface area contributed by atoms with Crippen LogP contribution in [0.2, 0.25) is 0 Å². The van der Waals surface area contributed by atoms with Gasteiger partial charge in [-0.25, -0.2) is 9.97 Å². The zero-order valence-corrected chi connectivity index (χ0v) is 14.6. The summed E-state index contributed by atoms with van der Waals surface area (Å²) < 4.78 is 1.61. The van der Waals surface area contributed by atoms with Crippen molar-refractivity contribution in [2.24, 2.45) is 7.05 Å². The van der Waals surface area contributed by atoms with Crippen molar-refractivity contribution in [3.63, 3.8) is 0 Å². The van der Waals surface area contributed by atoms with E-state index in [1.54, 1.807) is 24.0 Å². The fourth-order valence-corrected chi connectivity index (χ4v) is 3.23. The minimum absolute atomic E-state index is 0.0567. The highest BCUT2D eigenvalue weighted by Crippen LogP contribution is 2.21. The lowest BCUT2D eigenvalue weighted by molar-refractivity contribution is 0.203. The number of aryl methyl sites for hydroxylation is 2. The second kappa shape index (κ2) is 7.13. The molecule has 0 spiro atoms. The molecule has 2 aromatic rings. The molecule has 3 heterocycles. The van der Waals surface area contributed by atoms with E-state index in [2.05, 4.69) is 26.8 Å². The summed E-state index contributed by atoms with van der Waals surface area (Å²) in [6.45, 7) is 4.91. The molecular weight excluding hydrogens is 302 g/mol. The van der Waals surface area contributed by atoms with E-state index in [-0.39, 0.29) is 5.56 Å². The molecule has 1 aliphatic rings. The number of hydrogen-bond acceptors (Lipinski definition) is 5. The Balaban J connectivity index is 1.57. The zero-order chi connectivity index (χ0) is 17.1. The van der Waals surface area contributed by atoms with Gasteiger partial charge in [0.1, 0.15) is 12.1 Å². The molecule has 0 amide bonds. The van der Waals surface area contributed by atoms with Crippen molar-refractivity contribution in [3.05, 3.63) is 52.3 Å². The van der Waals surface area contributed by atoms with Gasteiger partial charge in [-0.2, -0.15) is 0 Å². The number of anilines is 1. The van der Waals surface area contributed by atoms with E-state index in [0.717, 1.165) is 49.6 Å². The zero-order valence-electron chi connectivity index (χ0n) is 14.6. The number of hydrogen-bond donors (Lipinski definition) is 0. The number of piperidine rings is 1. The number of rotatable bonds is 4. The molecule has 1 aliphatic heterocycles. The van der Waals surface area contributed by atoms with Crippen molar-refractivity contribution in [2.75, 3.05) is 25.0 Å². The maximum Gasteiger partial charge on any atom is 0.250 e. The average Bonchev–Trinajstić information content (AvgIpc) is 2.58. The Morgan fingerprint density at radius 2 is 2.00 bits per heavy atom. The third kappa shape index (κ3) is 3.82. The number of likely N-dealkylation sites (tertiary alicyclic amines) is 1. The Morgan fingerprint density at radius 1 is 1.25 bits per heavy atom. The van der Waals surface area contributed by atoms with Crippen LogP contribution in [0.3, 0.4) is 0 Å². The fraction of sp³-hybridized carbons (Fsp3) is 0.500. The van der Waals surface area contributed by atoms with Gasteiger partial charge in [-0.3, -0.25) is 9.69 Å². The van der Waals surface area contributed by atoms with Crippen LogP contribution in [-0.4, -0.2) is 45.6 Å². The molecule has 0 radical (unpaired) electrons.